The molecule has 0 unspecified atom stereocenters. The van der Waals surface area contributed by atoms with Gasteiger partial charge in [0.15, 0.2) is 5.13 Å². The van der Waals surface area contributed by atoms with Gasteiger partial charge in [-0.2, -0.15) is 4.31 Å². The van der Waals surface area contributed by atoms with Crippen molar-refractivity contribution in [1.29, 1.82) is 0 Å². The molecule has 180 valence electrons. The molecule has 0 saturated heterocycles. The standard InChI is InChI=1S/C25H30N4O3S2/c1-3-15-28-16-14-22-23(18-28)33-25(26-22)27-24(30)20-10-12-21(13-11-20)34(31,32)29(4-2)17-19-8-6-5-7-9-19/h5-13H,3-4,14-18H2,1-2H3,(H,26,27,30). The van der Waals surface area contributed by atoms with Crippen molar-refractivity contribution >= 4 is 32.4 Å². The number of aromatic nitrogens is 1. The second-order valence-electron chi connectivity index (χ2n) is 8.31. The normalized spacial score (nSPS) is 14.2. The Morgan fingerprint density at radius 3 is 2.53 bits per heavy atom. The summed E-state index contributed by atoms with van der Waals surface area (Å²) in [6.07, 6.45) is 2.01. The number of sulfonamides is 1. The van der Waals surface area contributed by atoms with Crippen molar-refractivity contribution in [3.8, 4) is 0 Å². The Labute approximate surface area is 205 Å². The lowest BCUT2D eigenvalue weighted by Crippen LogP contribution is -2.30. The first-order valence-corrected chi connectivity index (χ1v) is 13.8. The second kappa shape index (κ2) is 10.8. The third-order valence-electron chi connectivity index (χ3n) is 5.88. The van der Waals surface area contributed by atoms with E-state index in [0.29, 0.717) is 23.8 Å². The molecule has 34 heavy (non-hydrogen) atoms. The number of benzene rings is 2. The summed E-state index contributed by atoms with van der Waals surface area (Å²) >= 11 is 1.52. The maximum absolute atomic E-state index is 13.1. The van der Waals surface area contributed by atoms with Crippen LogP contribution < -0.4 is 5.32 Å². The van der Waals surface area contributed by atoms with Gasteiger partial charge in [0, 0.05) is 43.0 Å². The van der Waals surface area contributed by atoms with E-state index in [2.05, 4.69) is 22.1 Å². The van der Waals surface area contributed by atoms with Gasteiger partial charge in [0.25, 0.3) is 5.91 Å². The van der Waals surface area contributed by atoms with Crippen molar-refractivity contribution in [3.63, 3.8) is 0 Å². The monoisotopic (exact) mass is 498 g/mol. The average Bonchev–Trinajstić information content (AvgIpc) is 3.25. The van der Waals surface area contributed by atoms with E-state index in [1.165, 1.54) is 32.7 Å². The van der Waals surface area contributed by atoms with Crippen LogP contribution in [-0.2, 0) is 29.5 Å². The summed E-state index contributed by atoms with van der Waals surface area (Å²) in [7, 11) is -3.68. The Morgan fingerprint density at radius 2 is 1.85 bits per heavy atom. The molecule has 1 N–H and O–H groups in total. The number of nitrogens with one attached hydrogen (secondary N) is 1. The van der Waals surface area contributed by atoms with Gasteiger partial charge in [0.1, 0.15) is 0 Å². The number of fused-ring (bicyclic) bond motifs is 1. The fourth-order valence-corrected chi connectivity index (χ4v) is 6.54. The zero-order valence-electron chi connectivity index (χ0n) is 19.5. The molecule has 0 atom stereocenters. The van der Waals surface area contributed by atoms with Crippen LogP contribution in [0.15, 0.2) is 59.5 Å². The van der Waals surface area contributed by atoms with Crippen LogP contribution >= 0.6 is 11.3 Å². The van der Waals surface area contributed by atoms with Crippen molar-refractivity contribution < 1.29 is 13.2 Å². The van der Waals surface area contributed by atoms with E-state index in [1.54, 1.807) is 12.1 Å². The first-order valence-electron chi connectivity index (χ1n) is 11.6. The molecule has 2 heterocycles. The SMILES string of the molecule is CCCN1CCc2nc(NC(=O)c3ccc(S(=O)(=O)N(CC)Cc4ccccc4)cc3)sc2C1. The largest absolute Gasteiger partial charge is 0.298 e. The van der Waals surface area contributed by atoms with Gasteiger partial charge in [-0.3, -0.25) is 15.0 Å². The fourth-order valence-electron chi connectivity index (χ4n) is 4.06. The van der Waals surface area contributed by atoms with Gasteiger partial charge in [-0.15, -0.1) is 11.3 Å². The molecule has 0 fully saturated rings. The number of amides is 1. The summed E-state index contributed by atoms with van der Waals surface area (Å²) in [5.74, 6) is -0.294. The average molecular weight is 499 g/mol. The Kier molecular flexibility index (Phi) is 7.77. The molecule has 7 nitrogen and oxygen atoms in total. The van der Waals surface area contributed by atoms with Crippen LogP contribution in [0.3, 0.4) is 0 Å². The molecule has 0 aliphatic carbocycles. The predicted octanol–water partition coefficient (Wildman–Crippen LogP) is 4.37. The lowest BCUT2D eigenvalue weighted by molar-refractivity contribution is 0.102. The number of anilines is 1. The van der Waals surface area contributed by atoms with Crippen LogP contribution in [0.1, 0.15) is 46.8 Å². The second-order valence-corrected chi connectivity index (χ2v) is 11.3. The summed E-state index contributed by atoms with van der Waals surface area (Å²) in [6, 6.07) is 15.6. The Morgan fingerprint density at radius 1 is 1.12 bits per heavy atom. The van der Waals surface area contributed by atoms with Crippen molar-refractivity contribution in [2.24, 2.45) is 0 Å². The van der Waals surface area contributed by atoms with Gasteiger partial charge in [-0.1, -0.05) is 44.2 Å². The zero-order valence-corrected chi connectivity index (χ0v) is 21.2. The van der Waals surface area contributed by atoms with E-state index in [1.807, 2.05) is 37.3 Å². The number of thiazole rings is 1. The molecule has 0 spiro atoms. The first kappa shape index (κ1) is 24.5. The smallest absolute Gasteiger partial charge is 0.257 e. The molecule has 1 aliphatic heterocycles. The number of rotatable bonds is 9. The van der Waals surface area contributed by atoms with E-state index in [-0.39, 0.29) is 10.8 Å². The van der Waals surface area contributed by atoms with Crippen LogP contribution in [0.2, 0.25) is 0 Å². The van der Waals surface area contributed by atoms with Crippen molar-refractivity contribution in [2.45, 2.75) is 44.7 Å². The molecular weight excluding hydrogens is 468 g/mol. The van der Waals surface area contributed by atoms with Crippen LogP contribution in [0.4, 0.5) is 5.13 Å². The number of hydrogen-bond acceptors (Lipinski definition) is 6. The molecule has 1 amide bonds. The third kappa shape index (κ3) is 5.55. The van der Waals surface area contributed by atoms with Gasteiger partial charge < -0.3 is 0 Å². The first-order chi connectivity index (χ1) is 16.4. The van der Waals surface area contributed by atoms with Crippen LogP contribution in [0, 0.1) is 0 Å². The van der Waals surface area contributed by atoms with Gasteiger partial charge >= 0.3 is 0 Å². The number of hydrogen-bond donors (Lipinski definition) is 1. The van der Waals surface area contributed by atoms with Crippen molar-refractivity contribution in [1.82, 2.24) is 14.2 Å². The predicted molar refractivity (Wildman–Crippen MR) is 135 cm³/mol. The molecule has 2 aromatic carbocycles. The Hall–Kier alpha value is -2.59. The molecule has 0 bridgehead atoms. The van der Waals surface area contributed by atoms with Gasteiger partial charge in [-0.05, 0) is 42.8 Å². The third-order valence-corrected chi connectivity index (χ3v) is 8.81. The minimum absolute atomic E-state index is 0.169. The Bertz CT molecular complexity index is 1220. The van der Waals surface area contributed by atoms with E-state index in [0.717, 1.165) is 43.7 Å². The summed E-state index contributed by atoms with van der Waals surface area (Å²) in [6.45, 7) is 7.57. The summed E-state index contributed by atoms with van der Waals surface area (Å²) in [5, 5.41) is 3.47. The topological polar surface area (TPSA) is 82.6 Å². The fraction of sp³-hybridized carbons (Fsp3) is 0.360. The number of nitrogens with zero attached hydrogens (tertiary/aromatic N) is 3. The zero-order chi connectivity index (χ0) is 24.1. The molecule has 1 aliphatic rings. The number of carbonyl (C=O) groups excluding carboxylic acids is 1. The lowest BCUT2D eigenvalue weighted by Gasteiger charge is -2.24. The van der Waals surface area contributed by atoms with Crippen LogP contribution in [0.25, 0.3) is 0 Å². The van der Waals surface area contributed by atoms with E-state index in [4.69, 9.17) is 0 Å². The highest BCUT2D eigenvalue weighted by molar-refractivity contribution is 7.89. The molecule has 1 aromatic heterocycles. The van der Waals surface area contributed by atoms with Crippen molar-refractivity contribution in [3.05, 3.63) is 76.3 Å². The van der Waals surface area contributed by atoms with Gasteiger partial charge in [-0.25, -0.2) is 13.4 Å². The Balaban J connectivity index is 1.43. The highest BCUT2D eigenvalue weighted by Crippen LogP contribution is 2.29. The molecule has 0 radical (unpaired) electrons. The maximum atomic E-state index is 13.1. The highest BCUT2D eigenvalue weighted by atomic mass is 32.2. The van der Waals surface area contributed by atoms with Crippen LogP contribution in [0.5, 0.6) is 0 Å². The molecule has 0 saturated carbocycles. The molecular formula is C25H30N4O3S2. The lowest BCUT2D eigenvalue weighted by atomic mass is 10.2. The maximum Gasteiger partial charge on any atom is 0.257 e. The molecule has 3 aromatic rings. The molecule has 9 heteroatoms. The van der Waals surface area contributed by atoms with Gasteiger partial charge in [0.05, 0.1) is 10.6 Å². The van der Waals surface area contributed by atoms with E-state index >= 15 is 0 Å². The van der Waals surface area contributed by atoms with E-state index in [9.17, 15) is 13.2 Å². The highest BCUT2D eigenvalue weighted by Gasteiger charge is 2.24. The van der Waals surface area contributed by atoms with E-state index < -0.39 is 10.0 Å². The quantitative estimate of drug-likeness (QED) is 0.474. The van der Waals surface area contributed by atoms with Crippen molar-refractivity contribution in [2.75, 3.05) is 25.0 Å². The summed E-state index contributed by atoms with van der Waals surface area (Å²) in [4.78, 5) is 21.1. The van der Waals surface area contributed by atoms with Crippen LogP contribution in [-0.4, -0.2) is 48.1 Å². The van der Waals surface area contributed by atoms with Gasteiger partial charge in [0.2, 0.25) is 10.0 Å². The summed E-state index contributed by atoms with van der Waals surface area (Å²) < 4.78 is 27.7. The minimum Gasteiger partial charge on any atom is -0.298 e. The minimum atomic E-state index is -3.68. The number of carbonyl (C=O) groups is 1. The molecule has 4 rings (SSSR count). The summed E-state index contributed by atoms with van der Waals surface area (Å²) in [5.41, 5.74) is 2.38.